The number of hydrogen-bond acceptors (Lipinski definition) is 5. The zero-order valence-electron chi connectivity index (χ0n) is 17.8. The SMILES string of the molecule is CCCn1c2c(=O)[nH]c(=O)n(C)c2n2c(-c3ccc(COc4ccccc4)cc3)nnc12. The maximum atomic E-state index is 12.6. The highest BCUT2D eigenvalue weighted by Crippen LogP contribution is 2.25. The van der Waals surface area contributed by atoms with Gasteiger partial charge in [-0.3, -0.25) is 14.3 Å². The topological polar surface area (TPSA) is 99.2 Å². The van der Waals surface area contributed by atoms with Crippen molar-refractivity contribution in [2.45, 2.75) is 26.5 Å². The Hall–Kier alpha value is -4.14. The summed E-state index contributed by atoms with van der Waals surface area (Å²) in [4.78, 5) is 27.3. The summed E-state index contributed by atoms with van der Waals surface area (Å²) in [6.07, 6.45) is 0.806. The molecule has 0 unspecified atom stereocenters. The van der Waals surface area contributed by atoms with Crippen LogP contribution in [-0.4, -0.2) is 28.7 Å². The number of fused-ring (bicyclic) bond motifs is 3. The number of nitrogens with one attached hydrogen (secondary N) is 1. The Labute approximate surface area is 182 Å². The van der Waals surface area contributed by atoms with Crippen molar-refractivity contribution >= 4 is 16.9 Å². The van der Waals surface area contributed by atoms with E-state index in [-0.39, 0.29) is 0 Å². The molecule has 0 saturated carbocycles. The normalized spacial score (nSPS) is 11.4. The summed E-state index contributed by atoms with van der Waals surface area (Å²) >= 11 is 0. The molecular formula is C23H22N6O3. The van der Waals surface area contributed by atoms with Gasteiger partial charge in [0.1, 0.15) is 12.4 Å². The molecule has 5 rings (SSSR count). The van der Waals surface area contributed by atoms with Crippen LogP contribution in [0.5, 0.6) is 5.75 Å². The smallest absolute Gasteiger partial charge is 0.329 e. The number of aromatic nitrogens is 6. The molecule has 0 amide bonds. The minimum Gasteiger partial charge on any atom is -0.489 e. The van der Waals surface area contributed by atoms with E-state index in [0.717, 1.165) is 23.3 Å². The van der Waals surface area contributed by atoms with Gasteiger partial charge in [0.15, 0.2) is 17.0 Å². The van der Waals surface area contributed by atoms with Crippen LogP contribution in [0.2, 0.25) is 0 Å². The fraction of sp³-hybridized carbons (Fsp3) is 0.217. The Balaban J connectivity index is 1.59. The highest BCUT2D eigenvalue weighted by atomic mass is 16.5. The van der Waals surface area contributed by atoms with Crippen molar-refractivity contribution in [3.8, 4) is 17.1 Å². The van der Waals surface area contributed by atoms with E-state index in [1.54, 1.807) is 11.4 Å². The van der Waals surface area contributed by atoms with Crippen molar-refractivity contribution < 1.29 is 4.74 Å². The number of ether oxygens (including phenoxy) is 1. The standard InChI is InChI=1S/C23H22N6O3/c1-3-13-28-18-20(30)24-23(31)27(2)21(18)29-19(25-26-22(28)29)16-11-9-15(10-12-16)14-32-17-7-5-4-6-8-17/h4-12H,3,13-14H2,1-2H3,(H,24,30,31). The molecule has 0 fully saturated rings. The number of nitrogens with zero attached hydrogens (tertiary/aromatic N) is 5. The number of aromatic amines is 1. The molecule has 162 valence electrons. The van der Waals surface area contributed by atoms with Gasteiger partial charge in [0.25, 0.3) is 5.56 Å². The fourth-order valence-corrected chi connectivity index (χ4v) is 3.90. The summed E-state index contributed by atoms with van der Waals surface area (Å²) in [5.74, 6) is 1.90. The summed E-state index contributed by atoms with van der Waals surface area (Å²) in [5.41, 5.74) is 1.80. The van der Waals surface area contributed by atoms with E-state index in [4.69, 9.17) is 4.74 Å². The molecule has 0 atom stereocenters. The van der Waals surface area contributed by atoms with Crippen molar-refractivity contribution in [1.29, 1.82) is 0 Å². The van der Waals surface area contributed by atoms with Crippen LogP contribution in [0.3, 0.4) is 0 Å². The second-order valence-electron chi connectivity index (χ2n) is 7.60. The lowest BCUT2D eigenvalue weighted by Crippen LogP contribution is -2.29. The average molecular weight is 430 g/mol. The Bertz CT molecular complexity index is 1520. The van der Waals surface area contributed by atoms with E-state index in [2.05, 4.69) is 15.2 Å². The van der Waals surface area contributed by atoms with Crippen molar-refractivity contribution in [3.63, 3.8) is 0 Å². The number of H-pyrrole nitrogens is 1. The van der Waals surface area contributed by atoms with E-state index in [0.29, 0.717) is 35.9 Å². The maximum Gasteiger partial charge on any atom is 0.329 e. The summed E-state index contributed by atoms with van der Waals surface area (Å²) in [6.45, 7) is 3.05. The first-order valence-electron chi connectivity index (χ1n) is 10.4. The molecule has 2 aromatic carbocycles. The van der Waals surface area contributed by atoms with Crippen molar-refractivity contribution in [2.24, 2.45) is 7.05 Å². The third-order valence-electron chi connectivity index (χ3n) is 5.45. The van der Waals surface area contributed by atoms with Gasteiger partial charge >= 0.3 is 5.69 Å². The van der Waals surface area contributed by atoms with Crippen molar-refractivity contribution in [2.75, 3.05) is 0 Å². The molecule has 9 heteroatoms. The minimum atomic E-state index is -0.480. The van der Waals surface area contributed by atoms with Gasteiger partial charge in [-0.1, -0.05) is 49.4 Å². The van der Waals surface area contributed by atoms with Crippen LogP contribution in [0.25, 0.3) is 28.3 Å². The average Bonchev–Trinajstić information content (AvgIpc) is 3.37. The predicted octanol–water partition coefficient (Wildman–Crippen LogP) is 2.73. The molecule has 32 heavy (non-hydrogen) atoms. The summed E-state index contributed by atoms with van der Waals surface area (Å²) in [7, 11) is 1.63. The van der Waals surface area contributed by atoms with Gasteiger partial charge in [-0.05, 0) is 24.1 Å². The number of hydrogen-bond donors (Lipinski definition) is 1. The van der Waals surface area contributed by atoms with Crippen LogP contribution in [0.1, 0.15) is 18.9 Å². The molecule has 0 spiro atoms. The van der Waals surface area contributed by atoms with Crippen LogP contribution >= 0.6 is 0 Å². The predicted molar refractivity (Wildman–Crippen MR) is 121 cm³/mol. The molecule has 1 N–H and O–H groups in total. The lowest BCUT2D eigenvalue weighted by molar-refractivity contribution is 0.306. The van der Waals surface area contributed by atoms with E-state index < -0.39 is 11.2 Å². The van der Waals surface area contributed by atoms with Gasteiger partial charge < -0.3 is 9.30 Å². The highest BCUT2D eigenvalue weighted by molar-refractivity contribution is 5.79. The number of benzene rings is 2. The summed E-state index contributed by atoms with van der Waals surface area (Å²) in [6, 6.07) is 17.5. The van der Waals surface area contributed by atoms with Gasteiger partial charge in [-0.25, -0.2) is 9.20 Å². The largest absolute Gasteiger partial charge is 0.489 e. The van der Waals surface area contributed by atoms with Crippen molar-refractivity contribution in [1.82, 2.24) is 28.7 Å². The highest BCUT2D eigenvalue weighted by Gasteiger charge is 2.22. The Morgan fingerprint density at radius 3 is 2.47 bits per heavy atom. The zero-order valence-corrected chi connectivity index (χ0v) is 17.8. The van der Waals surface area contributed by atoms with Gasteiger partial charge in [-0.15, -0.1) is 10.2 Å². The van der Waals surface area contributed by atoms with Crippen LogP contribution in [0.4, 0.5) is 0 Å². The van der Waals surface area contributed by atoms with Crippen LogP contribution in [-0.2, 0) is 20.2 Å². The molecule has 0 aliphatic carbocycles. The Morgan fingerprint density at radius 1 is 1.00 bits per heavy atom. The van der Waals surface area contributed by atoms with Crippen molar-refractivity contribution in [3.05, 3.63) is 81.0 Å². The van der Waals surface area contributed by atoms with E-state index >= 15 is 0 Å². The third-order valence-corrected chi connectivity index (χ3v) is 5.45. The van der Waals surface area contributed by atoms with E-state index in [9.17, 15) is 9.59 Å². The van der Waals surface area contributed by atoms with Gasteiger partial charge in [-0.2, -0.15) is 0 Å². The number of rotatable bonds is 6. The summed E-state index contributed by atoms with van der Waals surface area (Å²) in [5, 5.41) is 8.72. The molecule has 0 aliphatic heterocycles. The number of imidazole rings is 1. The molecule has 0 radical (unpaired) electrons. The quantitative estimate of drug-likeness (QED) is 0.447. The summed E-state index contributed by atoms with van der Waals surface area (Å²) < 4.78 is 10.8. The Kier molecular flexibility index (Phi) is 4.85. The molecule has 9 nitrogen and oxygen atoms in total. The Morgan fingerprint density at radius 2 is 1.75 bits per heavy atom. The molecule has 5 aromatic rings. The fourth-order valence-electron chi connectivity index (χ4n) is 3.90. The number of para-hydroxylation sites is 1. The molecule has 0 saturated heterocycles. The molecule has 0 bridgehead atoms. The van der Waals surface area contributed by atoms with Gasteiger partial charge in [0.05, 0.1) is 0 Å². The molecule has 3 heterocycles. The first kappa shape index (κ1) is 19.8. The second kappa shape index (κ2) is 7.84. The van der Waals surface area contributed by atoms with Crippen LogP contribution in [0, 0.1) is 0 Å². The lowest BCUT2D eigenvalue weighted by atomic mass is 10.1. The van der Waals surface area contributed by atoms with E-state index in [1.807, 2.05) is 66.1 Å². The zero-order chi connectivity index (χ0) is 22.2. The third kappa shape index (κ3) is 3.18. The van der Waals surface area contributed by atoms with Gasteiger partial charge in [0, 0.05) is 19.2 Å². The van der Waals surface area contributed by atoms with Crippen LogP contribution in [0.15, 0.2) is 64.2 Å². The number of aryl methyl sites for hydroxylation is 2. The van der Waals surface area contributed by atoms with E-state index in [1.165, 1.54) is 4.57 Å². The monoisotopic (exact) mass is 430 g/mol. The second-order valence-corrected chi connectivity index (χ2v) is 7.60. The van der Waals surface area contributed by atoms with Gasteiger partial charge in [0.2, 0.25) is 5.78 Å². The maximum absolute atomic E-state index is 12.6. The molecular weight excluding hydrogens is 408 g/mol. The minimum absolute atomic E-state index is 0.410. The molecule has 3 aromatic heterocycles. The lowest BCUT2D eigenvalue weighted by Gasteiger charge is -2.07. The van der Waals surface area contributed by atoms with Crippen LogP contribution < -0.4 is 16.0 Å². The first-order valence-corrected chi connectivity index (χ1v) is 10.4. The molecule has 0 aliphatic rings. The first-order chi connectivity index (χ1) is 15.6.